The maximum atomic E-state index is 13.0. The molecule has 0 aliphatic rings. The van der Waals surface area contributed by atoms with Crippen LogP contribution in [0.25, 0.3) is 33.4 Å². The van der Waals surface area contributed by atoms with E-state index in [0.29, 0.717) is 11.3 Å². The summed E-state index contributed by atoms with van der Waals surface area (Å²) < 4.78 is 42.0. The van der Waals surface area contributed by atoms with Crippen LogP contribution < -0.4 is 5.56 Å². The van der Waals surface area contributed by atoms with E-state index >= 15 is 0 Å². The van der Waals surface area contributed by atoms with Crippen molar-refractivity contribution in [3.63, 3.8) is 0 Å². The van der Waals surface area contributed by atoms with Crippen molar-refractivity contribution in [3.8, 4) is 5.69 Å². The smallest absolute Gasteiger partial charge is 0.284 e. The minimum Gasteiger partial charge on any atom is -0.284 e. The largest absolute Gasteiger partial charge is 0.416 e. The lowest BCUT2D eigenvalue weighted by Crippen LogP contribution is -2.19. The molecule has 0 spiro atoms. The second-order valence-electron chi connectivity index (χ2n) is 6.33. The van der Waals surface area contributed by atoms with E-state index < -0.39 is 17.3 Å². The molecular weight excluding hydrogens is 369 g/mol. The lowest BCUT2D eigenvalue weighted by atomic mass is 10.2. The van der Waals surface area contributed by atoms with Crippen LogP contribution in [-0.4, -0.2) is 18.9 Å². The third kappa shape index (κ3) is 2.38. The highest BCUT2D eigenvalue weighted by molar-refractivity contribution is 5.88. The summed E-state index contributed by atoms with van der Waals surface area (Å²) in [6, 6.07) is 13.8. The molecule has 0 unspecified atom stereocenters. The number of imidazole rings is 1. The summed E-state index contributed by atoms with van der Waals surface area (Å²) in [7, 11) is 0. The van der Waals surface area contributed by atoms with Crippen LogP contribution in [0.3, 0.4) is 0 Å². The van der Waals surface area contributed by atoms with Gasteiger partial charge in [-0.15, -0.1) is 0 Å². The molecule has 0 aliphatic carbocycles. The van der Waals surface area contributed by atoms with Gasteiger partial charge in [-0.3, -0.25) is 13.8 Å². The van der Waals surface area contributed by atoms with Crippen LogP contribution >= 0.6 is 0 Å². The Kier molecular flexibility index (Phi) is 3.33. The van der Waals surface area contributed by atoms with Gasteiger partial charge >= 0.3 is 6.18 Å². The van der Waals surface area contributed by atoms with Gasteiger partial charge in [0.2, 0.25) is 5.78 Å². The first kappa shape index (κ1) is 16.5. The molecule has 5 rings (SSSR count). The Hall–Kier alpha value is -3.68. The summed E-state index contributed by atoms with van der Waals surface area (Å²) in [4.78, 5) is 21.7. The molecule has 138 valence electrons. The van der Waals surface area contributed by atoms with E-state index in [-0.39, 0.29) is 11.1 Å². The molecule has 0 atom stereocenters. The van der Waals surface area contributed by atoms with Gasteiger partial charge < -0.3 is 0 Å². The third-order valence-corrected chi connectivity index (χ3v) is 4.65. The highest BCUT2D eigenvalue weighted by atomic mass is 19.4. The van der Waals surface area contributed by atoms with Crippen LogP contribution in [0.5, 0.6) is 0 Å². The second kappa shape index (κ2) is 5.66. The Morgan fingerprint density at radius 2 is 1.75 bits per heavy atom. The van der Waals surface area contributed by atoms with Gasteiger partial charge in [0.05, 0.1) is 27.5 Å². The predicted molar refractivity (Wildman–Crippen MR) is 98.6 cm³/mol. The normalized spacial score (nSPS) is 12.2. The molecular formula is C20H11F3N4O. The number of pyridine rings is 1. The predicted octanol–water partition coefficient (Wildman–Crippen LogP) is 4.21. The molecule has 8 heteroatoms. The number of fused-ring (bicyclic) bond motifs is 5. The minimum atomic E-state index is -4.49. The number of hydrogen-bond acceptors (Lipinski definition) is 3. The van der Waals surface area contributed by atoms with Crippen molar-refractivity contribution in [2.24, 2.45) is 0 Å². The topological polar surface area (TPSA) is 52.2 Å². The van der Waals surface area contributed by atoms with Gasteiger partial charge in [-0.1, -0.05) is 18.2 Å². The molecule has 0 saturated carbocycles. The summed E-state index contributed by atoms with van der Waals surface area (Å²) in [6.45, 7) is 0. The fourth-order valence-corrected chi connectivity index (χ4v) is 3.35. The second-order valence-corrected chi connectivity index (χ2v) is 6.33. The number of alkyl halides is 3. The summed E-state index contributed by atoms with van der Waals surface area (Å²) in [6.07, 6.45) is -1.61. The Morgan fingerprint density at radius 3 is 2.57 bits per heavy atom. The van der Waals surface area contributed by atoms with Gasteiger partial charge in [-0.25, -0.2) is 9.97 Å². The Morgan fingerprint density at radius 1 is 0.929 bits per heavy atom. The summed E-state index contributed by atoms with van der Waals surface area (Å²) in [5.41, 5.74) is 0.996. The number of hydrogen-bond donors (Lipinski definition) is 0. The number of para-hydroxylation sites is 2. The zero-order chi connectivity index (χ0) is 19.5. The van der Waals surface area contributed by atoms with Crippen LogP contribution in [0.4, 0.5) is 13.2 Å². The molecule has 3 aromatic heterocycles. The first-order valence-corrected chi connectivity index (χ1v) is 8.39. The fourth-order valence-electron chi connectivity index (χ4n) is 3.35. The van der Waals surface area contributed by atoms with E-state index in [9.17, 15) is 18.0 Å². The Balaban J connectivity index is 1.80. The summed E-state index contributed by atoms with van der Waals surface area (Å²) in [5.74, 6) is 0.449. The lowest BCUT2D eigenvalue weighted by Gasteiger charge is -2.11. The van der Waals surface area contributed by atoms with E-state index in [2.05, 4.69) is 9.97 Å². The van der Waals surface area contributed by atoms with Gasteiger partial charge in [0.25, 0.3) is 5.56 Å². The molecule has 0 saturated heterocycles. The number of nitrogens with zero attached hydrogens (tertiary/aromatic N) is 4. The molecule has 0 radical (unpaired) electrons. The van der Waals surface area contributed by atoms with E-state index in [1.807, 2.05) is 24.3 Å². The van der Waals surface area contributed by atoms with E-state index in [1.54, 1.807) is 10.5 Å². The average molecular weight is 380 g/mol. The number of halogens is 3. The summed E-state index contributed by atoms with van der Waals surface area (Å²) in [5, 5.41) is 0.288. The molecule has 28 heavy (non-hydrogen) atoms. The van der Waals surface area contributed by atoms with Gasteiger partial charge in [0.1, 0.15) is 0 Å². The van der Waals surface area contributed by atoms with E-state index in [0.717, 1.165) is 23.2 Å². The monoisotopic (exact) mass is 380 g/mol. The standard InChI is InChI=1S/C20H11F3N4O/c21-20(22,23)12-4-3-5-13(10-12)26-9-8-16-14(18(26)28)11-24-19-25-15-6-1-2-7-17(15)27(16)19/h1-11H. The SMILES string of the molecule is O=c1c2cnc3nc4ccccc4n3c2ccn1-c1cccc(C(F)(F)F)c1. The van der Waals surface area contributed by atoms with Crippen molar-refractivity contribution >= 4 is 27.7 Å². The van der Waals surface area contributed by atoms with Gasteiger partial charge in [-0.05, 0) is 36.4 Å². The fraction of sp³-hybridized carbons (Fsp3) is 0.0500. The highest BCUT2D eigenvalue weighted by Gasteiger charge is 2.30. The van der Waals surface area contributed by atoms with Crippen molar-refractivity contribution < 1.29 is 13.2 Å². The lowest BCUT2D eigenvalue weighted by molar-refractivity contribution is -0.137. The van der Waals surface area contributed by atoms with E-state index in [1.165, 1.54) is 29.1 Å². The molecule has 2 aromatic carbocycles. The third-order valence-electron chi connectivity index (χ3n) is 4.65. The number of benzene rings is 2. The maximum Gasteiger partial charge on any atom is 0.416 e. The Bertz CT molecular complexity index is 1430. The molecule has 0 N–H and O–H groups in total. The van der Waals surface area contributed by atoms with Crippen LogP contribution in [0, 0.1) is 0 Å². The molecule has 0 amide bonds. The van der Waals surface area contributed by atoms with Crippen molar-refractivity contribution in [2.45, 2.75) is 6.18 Å². The van der Waals surface area contributed by atoms with Crippen molar-refractivity contribution in [3.05, 3.63) is 82.9 Å². The summed E-state index contributed by atoms with van der Waals surface area (Å²) >= 11 is 0. The van der Waals surface area contributed by atoms with Gasteiger partial charge in [0.15, 0.2) is 0 Å². The van der Waals surface area contributed by atoms with Crippen LogP contribution in [0.2, 0.25) is 0 Å². The molecule has 5 nitrogen and oxygen atoms in total. The van der Waals surface area contributed by atoms with Crippen molar-refractivity contribution in [2.75, 3.05) is 0 Å². The van der Waals surface area contributed by atoms with Gasteiger partial charge in [0, 0.05) is 18.1 Å². The minimum absolute atomic E-state index is 0.136. The van der Waals surface area contributed by atoms with Crippen LogP contribution in [0.1, 0.15) is 5.56 Å². The first-order valence-electron chi connectivity index (χ1n) is 8.39. The molecule has 0 fully saturated rings. The Labute approximate surface area is 155 Å². The average Bonchev–Trinajstić information content (AvgIpc) is 3.07. The zero-order valence-corrected chi connectivity index (χ0v) is 14.2. The van der Waals surface area contributed by atoms with E-state index in [4.69, 9.17) is 0 Å². The number of rotatable bonds is 1. The number of aromatic nitrogens is 4. The molecule has 3 heterocycles. The molecule has 5 aromatic rings. The van der Waals surface area contributed by atoms with Crippen LogP contribution in [-0.2, 0) is 6.18 Å². The van der Waals surface area contributed by atoms with Crippen molar-refractivity contribution in [1.29, 1.82) is 0 Å². The van der Waals surface area contributed by atoms with Crippen molar-refractivity contribution in [1.82, 2.24) is 18.9 Å². The highest BCUT2D eigenvalue weighted by Crippen LogP contribution is 2.30. The zero-order valence-electron chi connectivity index (χ0n) is 14.2. The molecule has 0 bridgehead atoms. The first-order chi connectivity index (χ1) is 13.4. The quantitative estimate of drug-likeness (QED) is 0.438. The molecule has 0 aliphatic heterocycles. The maximum absolute atomic E-state index is 13.0. The van der Waals surface area contributed by atoms with Gasteiger partial charge in [-0.2, -0.15) is 13.2 Å². The van der Waals surface area contributed by atoms with Crippen LogP contribution in [0.15, 0.2) is 71.8 Å².